The lowest BCUT2D eigenvalue weighted by Crippen LogP contribution is -2.51. The normalized spacial score (nSPS) is 37.1. The summed E-state index contributed by atoms with van der Waals surface area (Å²) in [6, 6.07) is 0. The first-order valence-electron chi connectivity index (χ1n) is 21.1. The minimum absolute atomic E-state index is 1.03. The molecule has 1 heterocycles. The molecule has 0 aromatic heterocycles. The molecule has 4 fully saturated rings. The van der Waals surface area contributed by atoms with E-state index in [0.717, 1.165) is 47.8 Å². The zero-order valence-corrected chi connectivity index (χ0v) is 29.1. The van der Waals surface area contributed by atoms with Crippen LogP contribution in [0.25, 0.3) is 0 Å². The van der Waals surface area contributed by atoms with Crippen LogP contribution in [-0.2, 0) is 0 Å². The molecule has 5 aliphatic rings. The van der Waals surface area contributed by atoms with E-state index in [0.29, 0.717) is 0 Å². The lowest BCUT2D eigenvalue weighted by Gasteiger charge is -2.56. The van der Waals surface area contributed by atoms with E-state index in [1.165, 1.54) is 122 Å². The molecule has 0 aromatic carbocycles. The molecule has 0 N–H and O–H groups in total. The Morgan fingerprint density at radius 1 is 0.326 bits per heavy atom. The predicted octanol–water partition coefficient (Wildman–Crippen LogP) is 14.6. The van der Waals surface area contributed by atoms with Crippen LogP contribution in [0.3, 0.4) is 0 Å². The molecule has 0 nitrogen and oxygen atoms in total. The molecule has 246 valence electrons. The van der Waals surface area contributed by atoms with Gasteiger partial charge in [0.1, 0.15) is 6.71 Å². The monoisotopic (exact) mass is 591 g/mol. The second-order valence-electron chi connectivity index (χ2n) is 16.8. The highest BCUT2D eigenvalue weighted by molar-refractivity contribution is 6.64. The van der Waals surface area contributed by atoms with Crippen molar-refractivity contribution in [3.05, 3.63) is 12.2 Å². The van der Waals surface area contributed by atoms with E-state index in [2.05, 4.69) is 12.2 Å². The Bertz CT molecular complexity index is 729. The van der Waals surface area contributed by atoms with E-state index in [9.17, 15) is 0 Å². The zero-order chi connectivity index (χ0) is 29.4. The Morgan fingerprint density at radius 3 is 1.21 bits per heavy atom. The summed E-state index contributed by atoms with van der Waals surface area (Å²) in [5, 5.41) is 0. The van der Waals surface area contributed by atoms with Gasteiger partial charge in [0.25, 0.3) is 0 Å². The third-order valence-electron chi connectivity index (χ3n) is 14.0. The van der Waals surface area contributed by atoms with E-state index in [1.807, 2.05) is 0 Å². The average molecular weight is 591 g/mol. The van der Waals surface area contributed by atoms with Crippen LogP contribution in [0.5, 0.6) is 0 Å². The largest absolute Gasteiger partial charge is 0.150 e. The van der Waals surface area contributed by atoms with Gasteiger partial charge in [-0.2, -0.15) is 0 Å². The van der Waals surface area contributed by atoms with Gasteiger partial charge in [-0.15, -0.1) is 0 Å². The van der Waals surface area contributed by atoms with Gasteiger partial charge in [-0.25, -0.2) is 0 Å². The van der Waals surface area contributed by atoms with Crippen molar-refractivity contribution in [3.8, 4) is 0 Å². The molecule has 43 heavy (non-hydrogen) atoms. The predicted molar refractivity (Wildman–Crippen MR) is 192 cm³/mol. The summed E-state index contributed by atoms with van der Waals surface area (Å²) in [7, 11) is 0. The fourth-order valence-electron chi connectivity index (χ4n) is 12.1. The first kappa shape index (κ1) is 34.1. The summed E-state index contributed by atoms with van der Waals surface area (Å²) >= 11 is 0. The number of hydrogen-bond acceptors (Lipinski definition) is 0. The number of fused-ring (bicyclic) bond motifs is 2. The van der Waals surface area contributed by atoms with Crippen LogP contribution in [0.15, 0.2) is 12.2 Å². The minimum atomic E-state index is 1.03. The first-order valence-corrected chi connectivity index (χ1v) is 21.1. The molecule has 3 saturated carbocycles. The highest BCUT2D eigenvalue weighted by atomic mass is 14.5. The van der Waals surface area contributed by atoms with Gasteiger partial charge in [-0.1, -0.05) is 222 Å². The van der Waals surface area contributed by atoms with Crippen LogP contribution in [0, 0.1) is 23.7 Å². The molecule has 6 unspecified atom stereocenters. The van der Waals surface area contributed by atoms with Gasteiger partial charge < -0.3 is 0 Å². The van der Waals surface area contributed by atoms with Crippen molar-refractivity contribution in [1.29, 1.82) is 0 Å². The maximum Gasteiger partial charge on any atom is 0.150 e. The van der Waals surface area contributed by atoms with Gasteiger partial charge in [0.2, 0.25) is 0 Å². The van der Waals surface area contributed by atoms with Gasteiger partial charge in [0, 0.05) is 0 Å². The fourth-order valence-corrected chi connectivity index (χ4v) is 12.1. The molecule has 5 rings (SSSR count). The Kier molecular flexibility index (Phi) is 16.0. The second kappa shape index (κ2) is 20.1. The Labute approximate surface area is 271 Å². The second-order valence-corrected chi connectivity index (χ2v) is 16.8. The van der Waals surface area contributed by atoms with Gasteiger partial charge >= 0.3 is 0 Å². The molecule has 1 heteroatoms. The number of rotatable bonds is 2. The maximum absolute atomic E-state index is 2.55. The third kappa shape index (κ3) is 10.7. The lowest BCUT2D eigenvalue weighted by molar-refractivity contribution is 0.0732. The molecule has 6 atom stereocenters. The highest BCUT2D eigenvalue weighted by Gasteiger charge is 2.54. The molecular weight excluding hydrogens is 515 g/mol. The average Bonchev–Trinajstić information content (AvgIpc) is 3.14. The van der Waals surface area contributed by atoms with Crippen molar-refractivity contribution in [2.75, 3.05) is 0 Å². The van der Waals surface area contributed by atoms with Gasteiger partial charge in [-0.3, -0.25) is 0 Å². The molecule has 1 aliphatic heterocycles. The first-order chi connectivity index (χ1) is 21.4. The van der Waals surface area contributed by atoms with E-state index in [-0.39, 0.29) is 0 Å². The summed E-state index contributed by atoms with van der Waals surface area (Å²) in [6.45, 7) is 1.07. The van der Waals surface area contributed by atoms with Crippen molar-refractivity contribution in [3.63, 3.8) is 0 Å². The van der Waals surface area contributed by atoms with Crippen molar-refractivity contribution in [2.45, 2.75) is 229 Å². The summed E-state index contributed by atoms with van der Waals surface area (Å²) in [5.74, 6) is 7.44. The Morgan fingerprint density at radius 2 is 0.698 bits per heavy atom. The SMILES string of the molecule is C1=C\CCCC(B2C3CCCCCCCCC3C(C3CCCCCCCCCCC3)C3CCCCCCCC23)CCCC/1. The standard InChI is InChI=1S/C42H75B/c1-2-5-12-20-28-36(29-21-13-6-3-1)42-38-32-24-16-9-10-18-26-34-40(38)43(37-30-22-14-7-4-8-15-23-31-37)41-35-27-19-11-17-25-33-39(41)42/h4,7,36-42H,1-3,5-6,8-35H2/b7-4-. The number of hydrogen-bond donors (Lipinski definition) is 0. The van der Waals surface area contributed by atoms with Crippen LogP contribution in [0.4, 0.5) is 0 Å². The summed E-state index contributed by atoms with van der Waals surface area (Å²) < 4.78 is 0. The summed E-state index contributed by atoms with van der Waals surface area (Å²) in [5.41, 5.74) is 0. The smallest absolute Gasteiger partial charge is 0.0885 e. The van der Waals surface area contributed by atoms with Crippen molar-refractivity contribution < 1.29 is 0 Å². The Hall–Kier alpha value is -0.195. The summed E-state index contributed by atoms with van der Waals surface area (Å²) in [6.07, 6.45) is 55.7. The summed E-state index contributed by atoms with van der Waals surface area (Å²) in [4.78, 5) is 0. The quantitative estimate of drug-likeness (QED) is 0.222. The van der Waals surface area contributed by atoms with Crippen molar-refractivity contribution in [1.82, 2.24) is 0 Å². The van der Waals surface area contributed by atoms with Crippen LogP contribution in [0.1, 0.15) is 212 Å². The van der Waals surface area contributed by atoms with E-state index in [1.54, 1.807) is 89.9 Å². The highest BCUT2D eigenvalue weighted by Crippen LogP contribution is 2.61. The molecule has 0 amide bonds. The van der Waals surface area contributed by atoms with Crippen molar-refractivity contribution in [2.24, 2.45) is 23.7 Å². The molecule has 1 saturated heterocycles. The molecular formula is C42H75B. The van der Waals surface area contributed by atoms with Crippen LogP contribution in [-0.4, -0.2) is 6.71 Å². The fraction of sp³-hybridized carbons (Fsp3) is 0.952. The Balaban J connectivity index is 1.49. The molecule has 0 spiro atoms. The molecule has 0 bridgehead atoms. The van der Waals surface area contributed by atoms with E-state index < -0.39 is 0 Å². The molecule has 0 radical (unpaired) electrons. The zero-order valence-electron chi connectivity index (χ0n) is 29.1. The lowest BCUT2D eigenvalue weighted by atomic mass is 9.18. The maximum atomic E-state index is 2.55. The van der Waals surface area contributed by atoms with Crippen LogP contribution < -0.4 is 0 Å². The van der Waals surface area contributed by atoms with Crippen LogP contribution in [0.2, 0.25) is 17.5 Å². The minimum Gasteiger partial charge on any atom is -0.0885 e. The third-order valence-corrected chi connectivity index (χ3v) is 14.0. The van der Waals surface area contributed by atoms with E-state index in [4.69, 9.17) is 0 Å². The van der Waals surface area contributed by atoms with Crippen LogP contribution >= 0.6 is 0 Å². The molecule has 4 aliphatic carbocycles. The number of allylic oxidation sites excluding steroid dienone is 2. The van der Waals surface area contributed by atoms with Gasteiger partial charge in [0.05, 0.1) is 0 Å². The van der Waals surface area contributed by atoms with Crippen molar-refractivity contribution >= 4 is 6.71 Å². The molecule has 0 aromatic rings. The van der Waals surface area contributed by atoms with E-state index >= 15 is 0 Å². The van der Waals surface area contributed by atoms with Gasteiger partial charge in [-0.05, 0) is 42.9 Å². The van der Waals surface area contributed by atoms with Gasteiger partial charge in [0.15, 0.2) is 0 Å². The topological polar surface area (TPSA) is 0 Å².